The monoisotopic (exact) mass is 396 g/mol. The zero-order chi connectivity index (χ0) is 20.4. The van der Waals surface area contributed by atoms with Crippen molar-refractivity contribution in [1.29, 1.82) is 0 Å². The summed E-state index contributed by atoms with van der Waals surface area (Å²) in [7, 11) is 3.10. The van der Waals surface area contributed by atoms with Gasteiger partial charge in [0.05, 0.1) is 7.11 Å². The lowest BCUT2D eigenvalue weighted by Crippen LogP contribution is -2.39. The number of alkyl halides is 2. The van der Waals surface area contributed by atoms with Gasteiger partial charge in [-0.05, 0) is 24.1 Å². The average molecular weight is 396 g/mol. The third-order valence-electron chi connectivity index (χ3n) is 4.03. The maximum atomic E-state index is 12.5. The molecular formula is C18H26F2N6O2. The molecule has 1 aromatic heterocycles. The van der Waals surface area contributed by atoms with Crippen LogP contribution in [0.2, 0.25) is 0 Å². The van der Waals surface area contributed by atoms with Gasteiger partial charge in [0, 0.05) is 33.1 Å². The summed E-state index contributed by atoms with van der Waals surface area (Å²) in [5, 5.41) is 14.4. The molecule has 0 aliphatic carbocycles. The number of ether oxygens (including phenoxy) is 2. The van der Waals surface area contributed by atoms with E-state index in [1.807, 2.05) is 17.6 Å². The molecule has 1 aromatic carbocycles. The minimum atomic E-state index is -2.90. The third-order valence-corrected chi connectivity index (χ3v) is 4.03. The predicted molar refractivity (Wildman–Crippen MR) is 102 cm³/mol. The van der Waals surface area contributed by atoms with Crippen molar-refractivity contribution < 1.29 is 18.3 Å². The minimum absolute atomic E-state index is 0.0261. The molecule has 0 aliphatic rings. The summed E-state index contributed by atoms with van der Waals surface area (Å²) in [6.07, 6.45) is 3.14. The molecule has 0 atom stereocenters. The van der Waals surface area contributed by atoms with E-state index in [9.17, 15) is 8.78 Å². The number of rotatable bonds is 10. The number of nitrogens with one attached hydrogen (secondary N) is 2. The van der Waals surface area contributed by atoms with Gasteiger partial charge in [-0.2, -0.15) is 8.78 Å². The predicted octanol–water partition coefficient (Wildman–Crippen LogP) is 1.86. The van der Waals surface area contributed by atoms with Crippen molar-refractivity contribution in [1.82, 2.24) is 25.4 Å². The maximum Gasteiger partial charge on any atom is 0.387 e. The highest BCUT2D eigenvalue weighted by molar-refractivity contribution is 5.79. The zero-order valence-electron chi connectivity index (χ0n) is 16.3. The van der Waals surface area contributed by atoms with Crippen LogP contribution in [0.5, 0.6) is 11.5 Å². The Morgan fingerprint density at radius 3 is 2.71 bits per heavy atom. The van der Waals surface area contributed by atoms with Crippen molar-refractivity contribution in [2.24, 2.45) is 4.99 Å². The Hall–Kier alpha value is -2.91. The van der Waals surface area contributed by atoms with E-state index in [4.69, 9.17) is 4.74 Å². The Labute approximate surface area is 163 Å². The first kappa shape index (κ1) is 21.4. The van der Waals surface area contributed by atoms with Gasteiger partial charge in [0.1, 0.15) is 12.2 Å². The van der Waals surface area contributed by atoms with Crippen LogP contribution in [0.25, 0.3) is 0 Å². The Balaban J connectivity index is 1.80. The van der Waals surface area contributed by atoms with Gasteiger partial charge in [0.2, 0.25) is 0 Å². The fourth-order valence-electron chi connectivity index (χ4n) is 2.64. The fourth-order valence-corrected chi connectivity index (χ4v) is 2.64. The Morgan fingerprint density at radius 1 is 1.25 bits per heavy atom. The first-order chi connectivity index (χ1) is 13.6. The maximum absolute atomic E-state index is 12.5. The molecule has 28 heavy (non-hydrogen) atoms. The molecule has 1 heterocycles. The van der Waals surface area contributed by atoms with Crippen LogP contribution >= 0.6 is 0 Å². The molecule has 0 fully saturated rings. The summed E-state index contributed by atoms with van der Waals surface area (Å²) in [4.78, 5) is 4.18. The number of guanidine groups is 1. The Bertz CT molecular complexity index is 766. The van der Waals surface area contributed by atoms with Gasteiger partial charge >= 0.3 is 6.61 Å². The van der Waals surface area contributed by atoms with E-state index in [-0.39, 0.29) is 11.5 Å². The lowest BCUT2D eigenvalue weighted by molar-refractivity contribution is -0.0512. The van der Waals surface area contributed by atoms with Gasteiger partial charge in [0.15, 0.2) is 17.5 Å². The number of aryl methyl sites for hydroxylation is 1. The van der Waals surface area contributed by atoms with Gasteiger partial charge in [-0.25, -0.2) is 0 Å². The molecule has 2 aromatic rings. The van der Waals surface area contributed by atoms with Crippen LogP contribution in [0.3, 0.4) is 0 Å². The van der Waals surface area contributed by atoms with Gasteiger partial charge < -0.3 is 24.7 Å². The van der Waals surface area contributed by atoms with Gasteiger partial charge in [-0.15, -0.1) is 10.2 Å². The van der Waals surface area contributed by atoms with Crippen molar-refractivity contribution in [3.8, 4) is 11.5 Å². The largest absolute Gasteiger partial charge is 0.493 e. The van der Waals surface area contributed by atoms with E-state index in [0.29, 0.717) is 25.5 Å². The van der Waals surface area contributed by atoms with Crippen molar-refractivity contribution in [2.75, 3.05) is 27.2 Å². The van der Waals surface area contributed by atoms with Crippen LogP contribution in [0.1, 0.15) is 18.3 Å². The quantitative estimate of drug-likeness (QED) is 0.471. The van der Waals surface area contributed by atoms with Gasteiger partial charge in [-0.1, -0.05) is 13.0 Å². The topological polar surface area (TPSA) is 85.6 Å². The summed E-state index contributed by atoms with van der Waals surface area (Å²) in [5.74, 6) is 1.89. The van der Waals surface area contributed by atoms with E-state index in [2.05, 4.69) is 30.6 Å². The van der Waals surface area contributed by atoms with E-state index < -0.39 is 6.61 Å². The first-order valence-electron chi connectivity index (χ1n) is 9.00. The Kier molecular flexibility index (Phi) is 8.44. The second-order valence-electron chi connectivity index (χ2n) is 5.83. The lowest BCUT2D eigenvalue weighted by Gasteiger charge is -2.14. The fraction of sp³-hybridized carbons (Fsp3) is 0.500. The lowest BCUT2D eigenvalue weighted by atomic mass is 10.1. The number of benzene rings is 1. The van der Waals surface area contributed by atoms with Gasteiger partial charge in [0.25, 0.3) is 0 Å². The molecular weight excluding hydrogens is 370 g/mol. The summed E-state index contributed by atoms with van der Waals surface area (Å²) in [6.45, 7) is 1.10. The number of nitrogens with zero attached hydrogens (tertiary/aromatic N) is 4. The molecule has 0 saturated carbocycles. The first-order valence-corrected chi connectivity index (χ1v) is 9.00. The molecule has 0 amide bonds. The third kappa shape index (κ3) is 6.36. The number of aromatic nitrogens is 3. The summed E-state index contributed by atoms with van der Waals surface area (Å²) >= 11 is 0. The summed E-state index contributed by atoms with van der Waals surface area (Å²) in [6, 6.07) is 4.99. The molecule has 0 aliphatic heterocycles. The second kappa shape index (κ2) is 11.1. The van der Waals surface area contributed by atoms with Crippen LogP contribution in [0, 0.1) is 0 Å². The number of methoxy groups -OCH3 is 1. The highest BCUT2D eigenvalue weighted by atomic mass is 19.3. The average Bonchev–Trinajstić information content (AvgIpc) is 3.14. The molecule has 2 N–H and O–H groups in total. The highest BCUT2D eigenvalue weighted by Gasteiger charge is 2.11. The van der Waals surface area contributed by atoms with Crippen LogP contribution in [-0.2, 0) is 19.4 Å². The van der Waals surface area contributed by atoms with E-state index in [1.54, 1.807) is 25.5 Å². The molecule has 0 unspecified atom stereocenters. The molecule has 0 bridgehead atoms. The molecule has 10 heteroatoms. The minimum Gasteiger partial charge on any atom is -0.493 e. The molecule has 0 spiro atoms. The van der Waals surface area contributed by atoms with Crippen molar-refractivity contribution in [3.63, 3.8) is 0 Å². The summed E-state index contributed by atoms with van der Waals surface area (Å²) < 4.78 is 36.6. The standard InChI is InChI=1S/C18H26F2N6O2/c1-4-16-25-24-12-26(16)10-9-23-18(21-2)22-8-7-13-5-6-14(27-3)15(11-13)28-17(19)20/h5-6,11-12,17H,4,7-10H2,1-3H3,(H2,21,22,23). The van der Waals surface area contributed by atoms with Crippen LogP contribution in [-0.4, -0.2) is 54.6 Å². The second-order valence-corrected chi connectivity index (χ2v) is 5.83. The normalized spacial score (nSPS) is 11.6. The number of aliphatic imine (C=N–C) groups is 1. The molecule has 2 rings (SSSR count). The van der Waals surface area contributed by atoms with E-state index in [1.165, 1.54) is 7.11 Å². The molecule has 0 radical (unpaired) electrons. The number of hydrogen-bond donors (Lipinski definition) is 2. The number of hydrogen-bond acceptors (Lipinski definition) is 5. The molecule has 0 saturated heterocycles. The van der Waals surface area contributed by atoms with Gasteiger partial charge in [-0.3, -0.25) is 4.99 Å². The smallest absolute Gasteiger partial charge is 0.387 e. The highest BCUT2D eigenvalue weighted by Crippen LogP contribution is 2.29. The van der Waals surface area contributed by atoms with Crippen molar-refractivity contribution in [2.45, 2.75) is 32.9 Å². The van der Waals surface area contributed by atoms with Crippen molar-refractivity contribution >= 4 is 5.96 Å². The van der Waals surface area contributed by atoms with E-state index >= 15 is 0 Å². The van der Waals surface area contributed by atoms with Crippen LogP contribution in [0.4, 0.5) is 8.78 Å². The van der Waals surface area contributed by atoms with Crippen molar-refractivity contribution in [3.05, 3.63) is 35.9 Å². The Morgan fingerprint density at radius 2 is 2.04 bits per heavy atom. The van der Waals surface area contributed by atoms with Crippen LogP contribution < -0.4 is 20.1 Å². The number of halogens is 2. The summed E-state index contributed by atoms with van der Waals surface area (Å²) in [5.41, 5.74) is 0.844. The molecule has 8 nitrogen and oxygen atoms in total. The van der Waals surface area contributed by atoms with E-state index in [0.717, 1.165) is 24.4 Å². The zero-order valence-corrected chi connectivity index (χ0v) is 16.3. The SMILES string of the molecule is CCc1nncn1CCNC(=NC)NCCc1ccc(OC)c(OC(F)F)c1. The van der Waals surface area contributed by atoms with Crippen LogP contribution in [0.15, 0.2) is 29.5 Å². The molecule has 154 valence electrons.